The van der Waals surface area contributed by atoms with Crippen LogP contribution in [-0.2, 0) is 0 Å². The van der Waals surface area contributed by atoms with Crippen LogP contribution in [0.15, 0.2) is 0 Å². The molecule has 0 spiro atoms. The van der Waals surface area contributed by atoms with Gasteiger partial charge < -0.3 is 15.1 Å². The summed E-state index contributed by atoms with van der Waals surface area (Å²) in [6.45, 7) is 11.6. The molecule has 1 aliphatic heterocycles. The second kappa shape index (κ2) is 6.91. The van der Waals surface area contributed by atoms with Gasteiger partial charge >= 0.3 is 0 Å². The minimum Gasteiger partial charge on any atom is -0.357 e. The van der Waals surface area contributed by atoms with Crippen LogP contribution in [0, 0.1) is 5.92 Å². The summed E-state index contributed by atoms with van der Waals surface area (Å²) in [7, 11) is 1.85. The first-order valence-electron chi connectivity index (χ1n) is 8.04. The molecular weight excluding hydrogens is 264 g/mol. The van der Waals surface area contributed by atoms with Gasteiger partial charge in [0.1, 0.15) is 0 Å². The number of hydrogen-bond acceptors (Lipinski definition) is 6. The summed E-state index contributed by atoms with van der Waals surface area (Å²) in [6.07, 6.45) is 2.40. The molecule has 0 aromatic carbocycles. The van der Waals surface area contributed by atoms with E-state index in [1.165, 1.54) is 12.8 Å². The summed E-state index contributed by atoms with van der Waals surface area (Å²) in [5, 5.41) is 3.06. The lowest BCUT2D eigenvalue weighted by atomic mass is 9.94. The van der Waals surface area contributed by atoms with E-state index in [9.17, 15) is 0 Å². The van der Waals surface area contributed by atoms with Crippen LogP contribution in [0.1, 0.15) is 40.5 Å². The number of aromatic nitrogens is 3. The van der Waals surface area contributed by atoms with Crippen LogP contribution in [0.2, 0.25) is 0 Å². The highest BCUT2D eigenvalue weighted by Gasteiger charge is 2.26. The summed E-state index contributed by atoms with van der Waals surface area (Å²) in [4.78, 5) is 18.2. The van der Waals surface area contributed by atoms with Crippen LogP contribution in [0.4, 0.5) is 17.8 Å². The first kappa shape index (κ1) is 15.8. The fourth-order valence-corrected chi connectivity index (χ4v) is 2.95. The van der Waals surface area contributed by atoms with Crippen LogP contribution in [0.3, 0.4) is 0 Å². The monoisotopic (exact) mass is 292 g/mol. The molecule has 21 heavy (non-hydrogen) atoms. The zero-order valence-corrected chi connectivity index (χ0v) is 13.9. The van der Waals surface area contributed by atoms with E-state index < -0.39 is 0 Å². The van der Waals surface area contributed by atoms with Gasteiger partial charge in [0.05, 0.1) is 0 Å². The Kier molecular flexibility index (Phi) is 5.20. The lowest BCUT2D eigenvalue weighted by molar-refractivity contribution is 0.373. The largest absolute Gasteiger partial charge is 0.357 e. The van der Waals surface area contributed by atoms with Gasteiger partial charge in [-0.25, -0.2) is 0 Å². The Bertz CT molecular complexity index is 459. The van der Waals surface area contributed by atoms with Gasteiger partial charge in [0, 0.05) is 32.7 Å². The summed E-state index contributed by atoms with van der Waals surface area (Å²) < 4.78 is 0. The predicted molar refractivity (Wildman–Crippen MR) is 88.1 cm³/mol. The lowest BCUT2D eigenvalue weighted by Gasteiger charge is -2.36. The van der Waals surface area contributed by atoms with E-state index in [1.54, 1.807) is 0 Å². The van der Waals surface area contributed by atoms with Crippen LogP contribution >= 0.6 is 0 Å². The maximum atomic E-state index is 4.71. The molecule has 6 nitrogen and oxygen atoms in total. The first-order valence-corrected chi connectivity index (χ1v) is 8.04. The smallest absolute Gasteiger partial charge is 0.232 e. The molecule has 0 bridgehead atoms. The first-order chi connectivity index (χ1) is 10.1. The van der Waals surface area contributed by atoms with Crippen molar-refractivity contribution in [3.63, 3.8) is 0 Å². The minimum atomic E-state index is 0.477. The average Bonchev–Trinajstić information content (AvgIpc) is 2.48. The van der Waals surface area contributed by atoms with Crippen LogP contribution in [-0.4, -0.2) is 47.7 Å². The van der Waals surface area contributed by atoms with E-state index >= 15 is 0 Å². The Morgan fingerprint density at radius 3 is 2.48 bits per heavy atom. The lowest BCUT2D eigenvalue weighted by Crippen LogP contribution is -2.41. The van der Waals surface area contributed by atoms with E-state index in [-0.39, 0.29) is 0 Å². The van der Waals surface area contributed by atoms with Crippen molar-refractivity contribution in [1.29, 1.82) is 0 Å². The molecular formula is C15H28N6. The summed E-state index contributed by atoms with van der Waals surface area (Å²) in [5.74, 6) is 2.99. The second-order valence-electron chi connectivity index (χ2n) is 5.85. The Hall–Kier alpha value is -1.59. The fourth-order valence-electron chi connectivity index (χ4n) is 2.95. The SMILES string of the molecule is CCN(CC)c1nc(NC)nc(N2CCC(C)CC2C)n1. The van der Waals surface area contributed by atoms with E-state index in [1.807, 2.05) is 7.05 Å². The van der Waals surface area contributed by atoms with Gasteiger partial charge in [0.2, 0.25) is 17.8 Å². The molecule has 6 heteroatoms. The van der Waals surface area contributed by atoms with Crippen LogP contribution < -0.4 is 15.1 Å². The molecule has 1 saturated heterocycles. The van der Waals surface area contributed by atoms with Gasteiger partial charge in [-0.3, -0.25) is 0 Å². The van der Waals surface area contributed by atoms with Crippen LogP contribution in [0.5, 0.6) is 0 Å². The van der Waals surface area contributed by atoms with E-state index in [2.05, 4.69) is 52.8 Å². The highest BCUT2D eigenvalue weighted by atomic mass is 15.4. The molecule has 1 aromatic rings. The Morgan fingerprint density at radius 1 is 1.19 bits per heavy atom. The molecule has 2 rings (SSSR count). The minimum absolute atomic E-state index is 0.477. The molecule has 1 fully saturated rings. The highest BCUT2D eigenvalue weighted by Crippen LogP contribution is 2.26. The summed E-state index contributed by atoms with van der Waals surface area (Å²) >= 11 is 0. The predicted octanol–water partition coefficient (Wildman–Crippen LogP) is 2.38. The quantitative estimate of drug-likeness (QED) is 0.899. The molecule has 0 aliphatic carbocycles. The van der Waals surface area contributed by atoms with Crippen molar-refractivity contribution in [3.05, 3.63) is 0 Å². The zero-order valence-electron chi connectivity index (χ0n) is 13.9. The maximum absolute atomic E-state index is 4.71. The molecule has 0 amide bonds. The van der Waals surface area contributed by atoms with Crippen molar-refractivity contribution in [2.24, 2.45) is 5.92 Å². The van der Waals surface area contributed by atoms with Crippen molar-refractivity contribution in [3.8, 4) is 0 Å². The highest BCUT2D eigenvalue weighted by molar-refractivity contribution is 5.45. The van der Waals surface area contributed by atoms with Gasteiger partial charge in [-0.2, -0.15) is 15.0 Å². The second-order valence-corrected chi connectivity index (χ2v) is 5.85. The van der Waals surface area contributed by atoms with E-state index in [0.29, 0.717) is 12.0 Å². The zero-order chi connectivity index (χ0) is 15.4. The molecule has 1 N–H and O–H groups in total. The molecule has 1 aromatic heterocycles. The number of nitrogens with zero attached hydrogens (tertiary/aromatic N) is 5. The third-order valence-electron chi connectivity index (χ3n) is 4.28. The van der Waals surface area contributed by atoms with Crippen molar-refractivity contribution in [2.45, 2.75) is 46.6 Å². The van der Waals surface area contributed by atoms with E-state index in [0.717, 1.165) is 37.4 Å². The van der Waals surface area contributed by atoms with Crippen molar-refractivity contribution >= 4 is 17.8 Å². The number of anilines is 3. The Balaban J connectivity index is 2.32. The number of nitrogens with one attached hydrogen (secondary N) is 1. The molecule has 0 saturated carbocycles. The van der Waals surface area contributed by atoms with Gasteiger partial charge in [-0.15, -0.1) is 0 Å². The molecule has 2 unspecified atom stereocenters. The van der Waals surface area contributed by atoms with Gasteiger partial charge in [-0.1, -0.05) is 6.92 Å². The Labute approximate surface area is 128 Å². The summed E-state index contributed by atoms with van der Waals surface area (Å²) in [6, 6.07) is 0.477. The average molecular weight is 292 g/mol. The van der Waals surface area contributed by atoms with Crippen molar-refractivity contribution in [1.82, 2.24) is 15.0 Å². The molecule has 1 aliphatic rings. The molecule has 0 radical (unpaired) electrons. The van der Waals surface area contributed by atoms with Crippen molar-refractivity contribution in [2.75, 3.05) is 41.8 Å². The van der Waals surface area contributed by atoms with Gasteiger partial charge in [0.25, 0.3) is 0 Å². The molecule has 2 heterocycles. The van der Waals surface area contributed by atoms with Gasteiger partial charge in [-0.05, 0) is 39.5 Å². The topological polar surface area (TPSA) is 57.2 Å². The third-order valence-corrected chi connectivity index (χ3v) is 4.28. The summed E-state index contributed by atoms with van der Waals surface area (Å²) in [5.41, 5.74) is 0. The van der Waals surface area contributed by atoms with Crippen molar-refractivity contribution < 1.29 is 0 Å². The van der Waals surface area contributed by atoms with Crippen LogP contribution in [0.25, 0.3) is 0 Å². The standard InChI is InChI=1S/C15H28N6/c1-6-20(7-2)14-17-13(16-5)18-15(19-14)21-9-8-11(3)10-12(21)4/h11-12H,6-10H2,1-5H3,(H,16,17,18,19). The fraction of sp³-hybridized carbons (Fsp3) is 0.800. The molecule has 118 valence electrons. The van der Waals surface area contributed by atoms with Gasteiger partial charge in [0.15, 0.2) is 0 Å². The number of rotatable bonds is 5. The normalized spacial score (nSPS) is 22.2. The number of piperidine rings is 1. The van der Waals surface area contributed by atoms with E-state index in [4.69, 9.17) is 4.98 Å². The maximum Gasteiger partial charge on any atom is 0.232 e. The third kappa shape index (κ3) is 3.54. The number of hydrogen-bond donors (Lipinski definition) is 1. The molecule has 2 atom stereocenters. The Morgan fingerprint density at radius 2 is 1.90 bits per heavy atom.